The molecule has 5 rings (SSSR count). The maximum atomic E-state index is 12.8. The normalized spacial score (nSPS) is 14.4. The van der Waals surface area contributed by atoms with Gasteiger partial charge in [0.2, 0.25) is 0 Å². The quantitative estimate of drug-likeness (QED) is 0.390. The van der Waals surface area contributed by atoms with Gasteiger partial charge in [-0.3, -0.25) is 9.69 Å². The monoisotopic (exact) mass is 463 g/mol. The van der Waals surface area contributed by atoms with E-state index in [1.807, 2.05) is 66.7 Å². The van der Waals surface area contributed by atoms with Crippen molar-refractivity contribution in [1.82, 2.24) is 20.2 Å². The third kappa shape index (κ3) is 6.11. The van der Waals surface area contributed by atoms with E-state index in [4.69, 9.17) is 0 Å². The first-order valence-electron chi connectivity index (χ1n) is 12.1. The van der Waals surface area contributed by atoms with Crippen LogP contribution < -0.4 is 10.6 Å². The number of piperidine rings is 1. The van der Waals surface area contributed by atoms with Gasteiger partial charge in [-0.25, -0.2) is 9.97 Å². The van der Waals surface area contributed by atoms with E-state index in [2.05, 4.69) is 49.8 Å². The molecule has 3 aromatic carbocycles. The largest absolute Gasteiger partial charge is 0.349 e. The molecule has 2 heterocycles. The van der Waals surface area contributed by atoms with Crippen molar-refractivity contribution in [2.24, 2.45) is 0 Å². The Morgan fingerprint density at radius 2 is 1.54 bits per heavy atom. The van der Waals surface area contributed by atoms with Crippen molar-refractivity contribution < 1.29 is 4.79 Å². The molecule has 0 unspecified atom stereocenters. The average molecular weight is 464 g/mol. The van der Waals surface area contributed by atoms with Gasteiger partial charge < -0.3 is 10.6 Å². The molecule has 6 heteroatoms. The van der Waals surface area contributed by atoms with Crippen LogP contribution in [-0.4, -0.2) is 39.9 Å². The summed E-state index contributed by atoms with van der Waals surface area (Å²) < 4.78 is 0. The highest BCUT2D eigenvalue weighted by Crippen LogP contribution is 2.20. The van der Waals surface area contributed by atoms with Crippen LogP contribution >= 0.6 is 0 Å². The number of anilines is 2. The van der Waals surface area contributed by atoms with Crippen LogP contribution in [0.15, 0.2) is 97.2 Å². The van der Waals surface area contributed by atoms with E-state index in [9.17, 15) is 4.79 Å². The number of amides is 1. The van der Waals surface area contributed by atoms with Crippen molar-refractivity contribution in [3.8, 4) is 11.4 Å². The molecule has 0 saturated carbocycles. The minimum atomic E-state index is -0.0218. The highest BCUT2D eigenvalue weighted by Gasteiger charge is 2.21. The molecule has 0 aliphatic carbocycles. The van der Waals surface area contributed by atoms with Gasteiger partial charge in [-0.2, -0.15) is 0 Å². The molecule has 1 fully saturated rings. The first kappa shape index (κ1) is 22.7. The molecule has 1 aromatic heterocycles. The maximum Gasteiger partial charge on any atom is 0.251 e. The fourth-order valence-electron chi connectivity index (χ4n) is 4.35. The van der Waals surface area contributed by atoms with E-state index in [-0.39, 0.29) is 11.9 Å². The van der Waals surface area contributed by atoms with Crippen LogP contribution in [0.2, 0.25) is 0 Å². The lowest BCUT2D eigenvalue weighted by Crippen LogP contribution is -2.44. The fourth-order valence-corrected chi connectivity index (χ4v) is 4.35. The summed E-state index contributed by atoms with van der Waals surface area (Å²) in [6.45, 7) is 2.95. The zero-order valence-corrected chi connectivity index (χ0v) is 19.6. The van der Waals surface area contributed by atoms with Gasteiger partial charge in [0.25, 0.3) is 5.91 Å². The first-order valence-corrected chi connectivity index (χ1v) is 12.1. The minimum Gasteiger partial charge on any atom is -0.349 e. The molecule has 176 valence electrons. The lowest BCUT2D eigenvalue weighted by atomic mass is 10.0. The second kappa shape index (κ2) is 10.9. The number of likely N-dealkylation sites (tertiary alicyclic amines) is 1. The molecular formula is C29H29N5O. The summed E-state index contributed by atoms with van der Waals surface area (Å²) >= 11 is 0. The molecule has 6 nitrogen and oxygen atoms in total. The summed E-state index contributed by atoms with van der Waals surface area (Å²) in [5.41, 5.74) is 3.83. The zero-order chi connectivity index (χ0) is 23.9. The summed E-state index contributed by atoms with van der Waals surface area (Å²) in [5.74, 6) is 1.35. The number of nitrogens with one attached hydrogen (secondary N) is 2. The van der Waals surface area contributed by atoms with E-state index in [0.29, 0.717) is 17.2 Å². The van der Waals surface area contributed by atoms with Crippen molar-refractivity contribution in [2.45, 2.75) is 25.4 Å². The minimum absolute atomic E-state index is 0.0218. The first-order chi connectivity index (χ1) is 17.2. The molecule has 1 saturated heterocycles. The molecule has 1 amide bonds. The Morgan fingerprint density at radius 3 is 2.26 bits per heavy atom. The van der Waals surface area contributed by atoms with E-state index in [0.717, 1.165) is 43.7 Å². The fraction of sp³-hybridized carbons (Fsp3) is 0.207. The summed E-state index contributed by atoms with van der Waals surface area (Å²) in [6.07, 6.45) is 3.68. The van der Waals surface area contributed by atoms with Crippen LogP contribution in [-0.2, 0) is 6.54 Å². The van der Waals surface area contributed by atoms with Gasteiger partial charge >= 0.3 is 0 Å². The molecule has 1 aliphatic heterocycles. The average Bonchev–Trinajstić information content (AvgIpc) is 2.91. The maximum absolute atomic E-state index is 12.8. The second-order valence-corrected chi connectivity index (χ2v) is 8.84. The molecule has 1 aliphatic rings. The predicted molar refractivity (Wildman–Crippen MR) is 139 cm³/mol. The van der Waals surface area contributed by atoms with Gasteiger partial charge in [-0.15, -0.1) is 0 Å². The standard InChI is InChI=1S/C29H29N5O/c35-29(32-26-16-19-34(20-17-26)21-22-7-3-1-4-8-22)24-11-13-25(14-12-24)31-27-15-18-30-28(33-27)23-9-5-2-6-10-23/h1-15,18,26H,16-17,19-21H2,(H,32,35)(H,30,31,33). The lowest BCUT2D eigenvalue weighted by molar-refractivity contribution is 0.0909. The van der Waals surface area contributed by atoms with E-state index >= 15 is 0 Å². The number of hydrogen-bond donors (Lipinski definition) is 2. The van der Waals surface area contributed by atoms with E-state index in [1.54, 1.807) is 6.20 Å². The third-order valence-electron chi connectivity index (χ3n) is 6.28. The molecule has 0 bridgehead atoms. The van der Waals surface area contributed by atoms with Crippen LogP contribution in [0.25, 0.3) is 11.4 Å². The van der Waals surface area contributed by atoms with Crippen molar-refractivity contribution in [2.75, 3.05) is 18.4 Å². The van der Waals surface area contributed by atoms with Gasteiger partial charge in [0.1, 0.15) is 5.82 Å². The second-order valence-electron chi connectivity index (χ2n) is 8.84. The van der Waals surface area contributed by atoms with Gasteiger partial charge in [0.05, 0.1) is 0 Å². The Morgan fingerprint density at radius 1 is 0.857 bits per heavy atom. The molecule has 2 N–H and O–H groups in total. The van der Waals surface area contributed by atoms with Crippen molar-refractivity contribution in [1.29, 1.82) is 0 Å². The Kier molecular flexibility index (Phi) is 7.10. The summed E-state index contributed by atoms with van der Waals surface area (Å²) in [5, 5.41) is 6.51. The Hall–Kier alpha value is -4.03. The molecular weight excluding hydrogens is 434 g/mol. The lowest BCUT2D eigenvalue weighted by Gasteiger charge is -2.32. The van der Waals surface area contributed by atoms with Gasteiger partial charge in [0, 0.05) is 48.7 Å². The number of hydrogen-bond acceptors (Lipinski definition) is 5. The summed E-state index contributed by atoms with van der Waals surface area (Å²) in [7, 11) is 0. The topological polar surface area (TPSA) is 70.2 Å². The number of aromatic nitrogens is 2. The number of carbonyl (C=O) groups is 1. The number of rotatable bonds is 7. The summed E-state index contributed by atoms with van der Waals surface area (Å²) in [6, 6.07) is 30.0. The number of carbonyl (C=O) groups excluding carboxylic acids is 1. The van der Waals surface area contributed by atoms with E-state index < -0.39 is 0 Å². The number of benzene rings is 3. The number of nitrogens with zero attached hydrogens (tertiary/aromatic N) is 3. The summed E-state index contributed by atoms with van der Waals surface area (Å²) in [4.78, 5) is 24.2. The molecule has 0 spiro atoms. The van der Waals surface area contributed by atoms with Crippen molar-refractivity contribution in [3.05, 3.63) is 108 Å². The van der Waals surface area contributed by atoms with Gasteiger partial charge in [-0.1, -0.05) is 60.7 Å². The van der Waals surface area contributed by atoms with Crippen LogP contribution in [0.3, 0.4) is 0 Å². The molecule has 35 heavy (non-hydrogen) atoms. The van der Waals surface area contributed by atoms with Crippen LogP contribution in [0.4, 0.5) is 11.5 Å². The van der Waals surface area contributed by atoms with Crippen LogP contribution in [0, 0.1) is 0 Å². The molecule has 4 aromatic rings. The van der Waals surface area contributed by atoms with Gasteiger partial charge in [0.15, 0.2) is 5.82 Å². The van der Waals surface area contributed by atoms with Crippen LogP contribution in [0.1, 0.15) is 28.8 Å². The van der Waals surface area contributed by atoms with Gasteiger partial charge in [-0.05, 0) is 48.7 Å². The SMILES string of the molecule is O=C(NC1CCN(Cc2ccccc2)CC1)c1ccc(Nc2ccnc(-c3ccccc3)n2)cc1. The predicted octanol–water partition coefficient (Wildman–Crippen LogP) is 5.28. The Labute approximate surface area is 206 Å². The molecule has 0 atom stereocenters. The Balaban J connectivity index is 1.13. The highest BCUT2D eigenvalue weighted by molar-refractivity contribution is 5.94. The van der Waals surface area contributed by atoms with E-state index in [1.165, 1.54) is 5.56 Å². The van der Waals surface area contributed by atoms with Crippen LogP contribution in [0.5, 0.6) is 0 Å². The highest BCUT2D eigenvalue weighted by atomic mass is 16.1. The van der Waals surface area contributed by atoms with Crippen molar-refractivity contribution in [3.63, 3.8) is 0 Å². The zero-order valence-electron chi connectivity index (χ0n) is 19.6. The Bertz CT molecular complexity index is 1240. The third-order valence-corrected chi connectivity index (χ3v) is 6.28. The smallest absolute Gasteiger partial charge is 0.251 e. The molecule has 0 radical (unpaired) electrons. The van der Waals surface area contributed by atoms with Crippen molar-refractivity contribution >= 4 is 17.4 Å².